The number of hydrogen-bond acceptors (Lipinski definition) is 3. The lowest BCUT2D eigenvalue weighted by molar-refractivity contribution is -0.137. The Morgan fingerprint density at radius 2 is 2.05 bits per heavy atom. The van der Waals surface area contributed by atoms with Crippen LogP contribution in [0.25, 0.3) is 0 Å². The molecule has 0 bridgehead atoms. The minimum Gasteiger partial charge on any atom is -0.396 e. The van der Waals surface area contributed by atoms with Crippen molar-refractivity contribution in [3.63, 3.8) is 0 Å². The van der Waals surface area contributed by atoms with E-state index in [1.54, 1.807) is 0 Å². The van der Waals surface area contributed by atoms with Crippen LogP contribution in [0.15, 0.2) is 0 Å². The predicted octanol–water partition coefficient (Wildman–Crippen LogP) is 0.768. The SMILES string of the molecule is CC(=O)NC1CC(CCCO)CN(C(=O)C(C)C)C1. The summed E-state index contributed by atoms with van der Waals surface area (Å²) in [7, 11) is 0. The van der Waals surface area contributed by atoms with E-state index in [4.69, 9.17) is 5.11 Å². The van der Waals surface area contributed by atoms with Gasteiger partial charge in [0, 0.05) is 38.6 Å². The largest absolute Gasteiger partial charge is 0.396 e. The molecule has 0 aromatic carbocycles. The maximum absolute atomic E-state index is 12.1. The zero-order chi connectivity index (χ0) is 14.4. The average molecular weight is 270 g/mol. The number of nitrogens with one attached hydrogen (secondary N) is 1. The van der Waals surface area contributed by atoms with Gasteiger partial charge in [0.1, 0.15) is 0 Å². The summed E-state index contributed by atoms with van der Waals surface area (Å²) in [5.41, 5.74) is 0. The van der Waals surface area contributed by atoms with E-state index in [1.807, 2.05) is 18.7 Å². The van der Waals surface area contributed by atoms with E-state index in [0.29, 0.717) is 12.5 Å². The molecule has 1 aliphatic rings. The van der Waals surface area contributed by atoms with E-state index in [1.165, 1.54) is 6.92 Å². The maximum atomic E-state index is 12.1. The molecule has 1 fully saturated rings. The predicted molar refractivity (Wildman–Crippen MR) is 73.4 cm³/mol. The molecule has 5 heteroatoms. The zero-order valence-electron chi connectivity index (χ0n) is 12.2. The van der Waals surface area contributed by atoms with Gasteiger partial charge in [-0.1, -0.05) is 13.8 Å². The number of carbonyl (C=O) groups excluding carboxylic acids is 2. The van der Waals surface area contributed by atoms with Crippen molar-refractivity contribution in [3.8, 4) is 0 Å². The normalized spacial score (nSPS) is 23.5. The molecule has 0 spiro atoms. The van der Waals surface area contributed by atoms with Gasteiger partial charge in [-0.05, 0) is 25.2 Å². The lowest BCUT2D eigenvalue weighted by Gasteiger charge is -2.39. The summed E-state index contributed by atoms with van der Waals surface area (Å²) >= 11 is 0. The highest BCUT2D eigenvalue weighted by Crippen LogP contribution is 2.22. The van der Waals surface area contributed by atoms with Crippen LogP contribution in [0.5, 0.6) is 0 Å². The fraction of sp³-hybridized carbons (Fsp3) is 0.857. The molecule has 1 aliphatic heterocycles. The number of carbonyl (C=O) groups is 2. The fourth-order valence-corrected chi connectivity index (χ4v) is 2.73. The van der Waals surface area contributed by atoms with Crippen LogP contribution in [-0.2, 0) is 9.59 Å². The number of piperidine rings is 1. The molecule has 0 aliphatic carbocycles. The highest BCUT2D eigenvalue weighted by molar-refractivity contribution is 5.78. The van der Waals surface area contributed by atoms with Gasteiger partial charge in [0.15, 0.2) is 0 Å². The number of hydrogen-bond donors (Lipinski definition) is 2. The standard InChI is InChI=1S/C14H26N2O3/c1-10(2)14(19)16-8-12(5-4-6-17)7-13(9-16)15-11(3)18/h10,12-13,17H,4-9H2,1-3H3,(H,15,18). The van der Waals surface area contributed by atoms with E-state index >= 15 is 0 Å². The first kappa shape index (κ1) is 16.0. The fourth-order valence-electron chi connectivity index (χ4n) is 2.73. The first-order valence-corrected chi connectivity index (χ1v) is 7.10. The minimum atomic E-state index is -0.0512. The molecule has 5 nitrogen and oxygen atoms in total. The molecule has 1 rings (SSSR count). The number of nitrogens with zero attached hydrogens (tertiary/aromatic N) is 1. The molecule has 1 heterocycles. The minimum absolute atomic E-state index is 0.0189. The molecule has 1 saturated heterocycles. The van der Waals surface area contributed by atoms with Crippen molar-refractivity contribution in [1.82, 2.24) is 10.2 Å². The molecular weight excluding hydrogens is 244 g/mol. The highest BCUT2D eigenvalue weighted by atomic mass is 16.3. The van der Waals surface area contributed by atoms with Crippen LogP contribution in [-0.4, -0.2) is 47.6 Å². The summed E-state index contributed by atoms with van der Waals surface area (Å²) in [6.45, 7) is 6.82. The average Bonchev–Trinajstić information content (AvgIpc) is 2.34. The van der Waals surface area contributed by atoms with Crippen molar-refractivity contribution in [2.75, 3.05) is 19.7 Å². The first-order chi connectivity index (χ1) is 8.93. The molecule has 2 amide bonds. The van der Waals surface area contributed by atoms with Gasteiger partial charge in [0.05, 0.1) is 0 Å². The molecule has 0 radical (unpaired) electrons. The monoisotopic (exact) mass is 270 g/mol. The summed E-state index contributed by atoms with van der Waals surface area (Å²) in [6, 6.07) is 0.0395. The van der Waals surface area contributed by atoms with Crippen molar-refractivity contribution in [2.45, 2.75) is 46.1 Å². The number of likely N-dealkylation sites (tertiary alicyclic amines) is 1. The summed E-state index contributed by atoms with van der Waals surface area (Å²) in [4.78, 5) is 25.2. The molecule has 110 valence electrons. The summed E-state index contributed by atoms with van der Waals surface area (Å²) < 4.78 is 0. The smallest absolute Gasteiger partial charge is 0.225 e. The Kier molecular flexibility index (Phi) is 6.28. The molecule has 0 saturated carbocycles. The molecule has 2 unspecified atom stereocenters. The van der Waals surface area contributed by atoms with Gasteiger partial charge < -0.3 is 15.3 Å². The highest BCUT2D eigenvalue weighted by Gasteiger charge is 2.30. The van der Waals surface area contributed by atoms with Crippen molar-refractivity contribution in [2.24, 2.45) is 11.8 Å². The number of amides is 2. The quantitative estimate of drug-likeness (QED) is 0.775. The van der Waals surface area contributed by atoms with Crippen molar-refractivity contribution in [1.29, 1.82) is 0 Å². The van der Waals surface area contributed by atoms with Crippen LogP contribution in [0.3, 0.4) is 0 Å². The summed E-state index contributed by atoms with van der Waals surface area (Å²) in [6.07, 6.45) is 2.54. The van der Waals surface area contributed by atoms with E-state index in [2.05, 4.69) is 5.32 Å². The summed E-state index contributed by atoms with van der Waals surface area (Å²) in [5, 5.41) is 11.8. The second-order valence-electron chi connectivity index (χ2n) is 5.76. The van der Waals surface area contributed by atoms with Crippen molar-refractivity contribution < 1.29 is 14.7 Å². The molecule has 0 aromatic heterocycles. The van der Waals surface area contributed by atoms with E-state index in [0.717, 1.165) is 25.8 Å². The molecule has 19 heavy (non-hydrogen) atoms. The van der Waals surface area contributed by atoms with Crippen LogP contribution in [0, 0.1) is 11.8 Å². The topological polar surface area (TPSA) is 69.6 Å². The van der Waals surface area contributed by atoms with Crippen molar-refractivity contribution in [3.05, 3.63) is 0 Å². The second-order valence-corrected chi connectivity index (χ2v) is 5.76. The van der Waals surface area contributed by atoms with Gasteiger partial charge >= 0.3 is 0 Å². The van der Waals surface area contributed by atoms with E-state index < -0.39 is 0 Å². The Bertz CT molecular complexity index is 318. The third kappa shape index (κ3) is 5.19. The van der Waals surface area contributed by atoms with Crippen molar-refractivity contribution >= 4 is 11.8 Å². The third-order valence-corrected chi connectivity index (χ3v) is 3.52. The van der Waals surface area contributed by atoms with Gasteiger partial charge in [0.2, 0.25) is 11.8 Å². The van der Waals surface area contributed by atoms with Gasteiger partial charge in [-0.2, -0.15) is 0 Å². The van der Waals surface area contributed by atoms with Gasteiger partial charge in [-0.3, -0.25) is 9.59 Å². The van der Waals surface area contributed by atoms with E-state index in [9.17, 15) is 9.59 Å². The maximum Gasteiger partial charge on any atom is 0.225 e. The van der Waals surface area contributed by atoms with Gasteiger partial charge in [-0.25, -0.2) is 0 Å². The Morgan fingerprint density at radius 3 is 2.58 bits per heavy atom. The Hall–Kier alpha value is -1.10. The summed E-state index contributed by atoms with van der Waals surface area (Å²) in [5.74, 6) is 0.434. The Morgan fingerprint density at radius 1 is 1.37 bits per heavy atom. The number of aliphatic hydroxyl groups is 1. The zero-order valence-corrected chi connectivity index (χ0v) is 12.2. The number of rotatable bonds is 5. The van der Waals surface area contributed by atoms with E-state index in [-0.39, 0.29) is 30.4 Å². The Balaban J connectivity index is 2.65. The van der Waals surface area contributed by atoms with Crippen LogP contribution in [0.1, 0.15) is 40.0 Å². The second kappa shape index (κ2) is 7.48. The van der Waals surface area contributed by atoms with Gasteiger partial charge in [-0.15, -0.1) is 0 Å². The lowest BCUT2D eigenvalue weighted by atomic mass is 9.89. The molecule has 2 N–H and O–H groups in total. The Labute approximate surface area is 115 Å². The molecule has 0 aromatic rings. The lowest BCUT2D eigenvalue weighted by Crippen LogP contribution is -2.53. The molecular formula is C14H26N2O3. The van der Waals surface area contributed by atoms with Crippen LogP contribution < -0.4 is 5.32 Å². The van der Waals surface area contributed by atoms with Crippen LogP contribution in [0.4, 0.5) is 0 Å². The third-order valence-electron chi connectivity index (χ3n) is 3.52. The van der Waals surface area contributed by atoms with Crippen LogP contribution in [0.2, 0.25) is 0 Å². The first-order valence-electron chi connectivity index (χ1n) is 7.10. The van der Waals surface area contributed by atoms with Gasteiger partial charge in [0.25, 0.3) is 0 Å². The molecule has 2 atom stereocenters. The van der Waals surface area contributed by atoms with Crippen LogP contribution >= 0.6 is 0 Å². The number of aliphatic hydroxyl groups excluding tert-OH is 1.